The number of hydrogen-bond acceptors (Lipinski definition) is 5. The number of nitrogens with one attached hydrogen (secondary N) is 1. The van der Waals surface area contributed by atoms with Crippen LogP contribution >= 0.6 is 0 Å². The number of anilines is 1. The molecule has 0 amide bonds. The molecule has 4 rings (SSSR count). The number of nitrogens with zero attached hydrogens (tertiary/aromatic N) is 5. The van der Waals surface area contributed by atoms with E-state index in [2.05, 4.69) is 25.5 Å². The minimum absolute atomic E-state index is 0.0518. The van der Waals surface area contributed by atoms with Crippen LogP contribution in [-0.4, -0.2) is 50.9 Å². The second-order valence-corrected chi connectivity index (χ2v) is 7.80. The average Bonchev–Trinajstić information content (AvgIpc) is 3.09. The standard InChI is InChI=1S/C20H21F5N6/c1-11-8-16-17(14-6-5-12(20(23,24)25)9-15(14)18(21)22)27-28-19(31(16)29-11)26-13-4-3-7-30(2)10-13/h5-6,8-9,13,18H,3-4,7,10H2,1-2H3,(H,26,28)/t13-/m0/s1. The fraction of sp³-hybridized carbons (Fsp3) is 0.450. The van der Waals surface area contributed by atoms with Crippen molar-refractivity contribution in [3.63, 3.8) is 0 Å². The summed E-state index contributed by atoms with van der Waals surface area (Å²) >= 11 is 0. The SMILES string of the molecule is Cc1cc2c(-c3ccc(C(F)(F)F)cc3C(F)F)nnc(N[C@H]3CCCN(C)C3)n2n1. The van der Waals surface area contributed by atoms with E-state index in [-0.39, 0.29) is 17.3 Å². The van der Waals surface area contributed by atoms with Crippen molar-refractivity contribution in [2.75, 3.05) is 25.5 Å². The highest BCUT2D eigenvalue weighted by molar-refractivity contribution is 5.80. The summed E-state index contributed by atoms with van der Waals surface area (Å²) in [5.41, 5.74) is -0.953. The zero-order valence-corrected chi connectivity index (χ0v) is 16.9. The Balaban J connectivity index is 1.79. The Morgan fingerprint density at radius 3 is 2.61 bits per heavy atom. The molecule has 31 heavy (non-hydrogen) atoms. The highest BCUT2D eigenvalue weighted by Gasteiger charge is 2.33. The van der Waals surface area contributed by atoms with Crippen molar-refractivity contribution in [3.05, 3.63) is 41.1 Å². The van der Waals surface area contributed by atoms with Crippen LogP contribution in [-0.2, 0) is 6.18 Å². The zero-order valence-electron chi connectivity index (χ0n) is 16.9. The van der Waals surface area contributed by atoms with Gasteiger partial charge in [-0.3, -0.25) is 0 Å². The number of aryl methyl sites for hydroxylation is 1. The molecule has 2 aromatic heterocycles. The molecule has 0 bridgehead atoms. The lowest BCUT2D eigenvalue weighted by molar-refractivity contribution is -0.137. The summed E-state index contributed by atoms with van der Waals surface area (Å²) in [5, 5.41) is 15.9. The van der Waals surface area contributed by atoms with E-state index in [0.717, 1.165) is 38.1 Å². The van der Waals surface area contributed by atoms with Crippen LogP contribution in [0, 0.1) is 6.92 Å². The lowest BCUT2D eigenvalue weighted by Crippen LogP contribution is -2.40. The highest BCUT2D eigenvalue weighted by atomic mass is 19.4. The summed E-state index contributed by atoms with van der Waals surface area (Å²) < 4.78 is 67.9. The van der Waals surface area contributed by atoms with E-state index in [1.807, 2.05) is 7.05 Å². The molecule has 0 spiro atoms. The van der Waals surface area contributed by atoms with E-state index in [9.17, 15) is 22.0 Å². The molecule has 0 radical (unpaired) electrons. The van der Waals surface area contributed by atoms with Crippen molar-refractivity contribution in [1.82, 2.24) is 24.7 Å². The fourth-order valence-corrected chi connectivity index (χ4v) is 3.90. The van der Waals surface area contributed by atoms with Crippen molar-refractivity contribution in [2.24, 2.45) is 0 Å². The number of likely N-dealkylation sites (N-methyl/N-ethyl adjacent to an activating group) is 1. The van der Waals surface area contributed by atoms with E-state index in [4.69, 9.17) is 0 Å². The van der Waals surface area contributed by atoms with Gasteiger partial charge in [-0.2, -0.15) is 22.8 Å². The van der Waals surface area contributed by atoms with E-state index in [1.165, 1.54) is 4.52 Å². The Hall–Kier alpha value is -2.82. The minimum atomic E-state index is -4.72. The summed E-state index contributed by atoms with van der Waals surface area (Å²) in [6, 6.07) is 4.02. The third kappa shape index (κ3) is 4.32. The summed E-state index contributed by atoms with van der Waals surface area (Å²) in [5.74, 6) is 0.359. The van der Waals surface area contributed by atoms with Crippen molar-refractivity contribution in [2.45, 2.75) is 38.4 Å². The second kappa shape index (κ2) is 8.03. The molecule has 0 saturated carbocycles. The molecule has 3 heterocycles. The van der Waals surface area contributed by atoms with Crippen molar-refractivity contribution >= 4 is 11.5 Å². The van der Waals surface area contributed by atoms with Gasteiger partial charge in [-0.05, 0) is 51.6 Å². The third-order valence-electron chi connectivity index (χ3n) is 5.35. The summed E-state index contributed by atoms with van der Waals surface area (Å²) in [6.07, 6.45) is -5.88. The van der Waals surface area contributed by atoms with Gasteiger partial charge in [0, 0.05) is 23.7 Å². The first-order valence-electron chi connectivity index (χ1n) is 9.81. The first-order chi connectivity index (χ1) is 14.6. The van der Waals surface area contributed by atoms with Crippen LogP contribution in [0.4, 0.5) is 27.9 Å². The average molecular weight is 440 g/mol. The molecule has 11 heteroatoms. The quantitative estimate of drug-likeness (QED) is 0.603. The molecule has 1 aromatic carbocycles. The largest absolute Gasteiger partial charge is 0.416 e. The van der Waals surface area contributed by atoms with Gasteiger partial charge in [-0.25, -0.2) is 8.78 Å². The lowest BCUT2D eigenvalue weighted by atomic mass is 10.0. The van der Waals surface area contributed by atoms with Crippen LogP contribution in [0.15, 0.2) is 24.3 Å². The molecule has 1 saturated heterocycles. The monoisotopic (exact) mass is 440 g/mol. The molecule has 1 aliphatic rings. The van der Waals surface area contributed by atoms with E-state index < -0.39 is 23.7 Å². The Morgan fingerprint density at radius 1 is 1.16 bits per heavy atom. The number of rotatable bonds is 4. The topological polar surface area (TPSA) is 58.4 Å². The molecule has 0 aliphatic carbocycles. The number of aromatic nitrogens is 4. The Kier molecular flexibility index (Phi) is 5.54. The number of fused-ring (bicyclic) bond motifs is 1. The van der Waals surface area contributed by atoms with Gasteiger partial charge in [-0.15, -0.1) is 10.2 Å². The van der Waals surface area contributed by atoms with Gasteiger partial charge in [0.25, 0.3) is 6.43 Å². The molecule has 166 valence electrons. The predicted molar refractivity (Wildman–Crippen MR) is 105 cm³/mol. The molecule has 1 fully saturated rings. The maximum Gasteiger partial charge on any atom is 0.416 e. The lowest BCUT2D eigenvalue weighted by Gasteiger charge is -2.30. The van der Waals surface area contributed by atoms with Crippen molar-refractivity contribution in [1.29, 1.82) is 0 Å². The van der Waals surface area contributed by atoms with Gasteiger partial charge >= 0.3 is 6.18 Å². The molecule has 1 N–H and O–H groups in total. The van der Waals surface area contributed by atoms with Crippen LogP contribution in [0.25, 0.3) is 16.8 Å². The summed E-state index contributed by atoms with van der Waals surface area (Å²) in [7, 11) is 2.02. The predicted octanol–water partition coefficient (Wildman–Crippen LogP) is 4.56. The molecule has 1 atom stereocenters. The van der Waals surface area contributed by atoms with Gasteiger partial charge in [0.15, 0.2) is 0 Å². The maximum absolute atomic E-state index is 13.7. The minimum Gasteiger partial charge on any atom is -0.349 e. The smallest absolute Gasteiger partial charge is 0.349 e. The molecular weight excluding hydrogens is 419 g/mol. The number of hydrogen-bond donors (Lipinski definition) is 1. The molecular formula is C20H21F5N6. The van der Waals surface area contributed by atoms with Gasteiger partial charge in [0.2, 0.25) is 5.95 Å². The zero-order chi connectivity index (χ0) is 22.3. The van der Waals surface area contributed by atoms with Gasteiger partial charge < -0.3 is 10.2 Å². The first-order valence-corrected chi connectivity index (χ1v) is 9.81. The maximum atomic E-state index is 13.7. The Bertz CT molecular complexity index is 1090. The fourth-order valence-electron chi connectivity index (χ4n) is 3.90. The molecule has 6 nitrogen and oxygen atoms in total. The van der Waals surface area contributed by atoms with Gasteiger partial charge in [-0.1, -0.05) is 6.07 Å². The van der Waals surface area contributed by atoms with Gasteiger partial charge in [0.1, 0.15) is 5.69 Å². The van der Waals surface area contributed by atoms with Crippen molar-refractivity contribution < 1.29 is 22.0 Å². The first kappa shape index (κ1) is 21.4. The van der Waals surface area contributed by atoms with Crippen LogP contribution < -0.4 is 5.32 Å². The van der Waals surface area contributed by atoms with E-state index in [0.29, 0.717) is 23.2 Å². The van der Waals surface area contributed by atoms with Crippen molar-refractivity contribution in [3.8, 4) is 11.3 Å². The molecule has 0 unspecified atom stereocenters. The van der Waals surface area contributed by atoms with E-state index >= 15 is 0 Å². The Morgan fingerprint density at radius 2 is 1.94 bits per heavy atom. The highest BCUT2D eigenvalue weighted by Crippen LogP contribution is 2.38. The normalized spacial score (nSPS) is 18.1. The van der Waals surface area contributed by atoms with Crippen LogP contribution in [0.5, 0.6) is 0 Å². The summed E-state index contributed by atoms with van der Waals surface area (Å²) in [6.45, 7) is 3.54. The molecule has 3 aromatic rings. The van der Waals surface area contributed by atoms with Gasteiger partial charge in [0.05, 0.1) is 16.8 Å². The summed E-state index contributed by atoms with van der Waals surface area (Å²) in [4.78, 5) is 2.19. The number of likely N-dealkylation sites (tertiary alicyclic amines) is 1. The number of benzene rings is 1. The molecule has 1 aliphatic heterocycles. The number of piperidine rings is 1. The number of alkyl halides is 5. The van der Waals surface area contributed by atoms with Crippen LogP contribution in [0.1, 0.15) is 36.1 Å². The van der Waals surface area contributed by atoms with E-state index in [1.54, 1.807) is 13.0 Å². The Labute approximate surface area is 175 Å². The van der Waals surface area contributed by atoms with Crippen LogP contribution in [0.2, 0.25) is 0 Å². The third-order valence-corrected chi connectivity index (χ3v) is 5.35. The van der Waals surface area contributed by atoms with Crippen LogP contribution in [0.3, 0.4) is 0 Å². The number of halogens is 5. The second-order valence-electron chi connectivity index (χ2n) is 7.80.